The van der Waals surface area contributed by atoms with Gasteiger partial charge >= 0.3 is 0 Å². The molecule has 1 aromatic heterocycles. The minimum absolute atomic E-state index is 0. The summed E-state index contributed by atoms with van der Waals surface area (Å²) >= 11 is 1.74. The molecule has 1 aliphatic rings. The van der Waals surface area contributed by atoms with E-state index in [0.717, 1.165) is 49.3 Å². The molecule has 7 heteroatoms. The Morgan fingerprint density at radius 3 is 2.85 bits per heavy atom. The fourth-order valence-corrected chi connectivity index (χ4v) is 4.24. The summed E-state index contributed by atoms with van der Waals surface area (Å²) in [4.78, 5) is 13.2. The molecule has 1 N–H and O–H groups in total. The average Bonchev–Trinajstić information content (AvgIpc) is 3.27. The number of likely N-dealkylation sites (tertiary alicyclic amines) is 1. The summed E-state index contributed by atoms with van der Waals surface area (Å²) in [5.41, 5.74) is 2.25. The summed E-state index contributed by atoms with van der Waals surface area (Å²) in [6, 6.07) is 10.4. The van der Waals surface area contributed by atoms with Crippen molar-refractivity contribution < 1.29 is 4.74 Å². The molecule has 1 saturated heterocycles. The molecular weight excluding hydrogens is 471 g/mol. The van der Waals surface area contributed by atoms with Crippen molar-refractivity contribution >= 4 is 41.3 Å². The highest BCUT2D eigenvalue weighted by Crippen LogP contribution is 2.28. The van der Waals surface area contributed by atoms with E-state index in [4.69, 9.17) is 14.7 Å². The first-order valence-corrected chi connectivity index (χ1v) is 10.1. The van der Waals surface area contributed by atoms with Crippen LogP contribution in [0.25, 0.3) is 10.6 Å². The number of rotatable bonds is 6. The number of thiazole rings is 1. The minimum atomic E-state index is 0. The summed E-state index contributed by atoms with van der Waals surface area (Å²) in [5, 5.41) is 4.50. The molecule has 1 fully saturated rings. The fraction of sp³-hybridized carbons (Fsp3) is 0.500. The lowest BCUT2D eigenvalue weighted by molar-refractivity contribution is 0.157. The van der Waals surface area contributed by atoms with Gasteiger partial charge in [-0.25, -0.2) is 9.98 Å². The van der Waals surface area contributed by atoms with Gasteiger partial charge in [0.15, 0.2) is 5.96 Å². The van der Waals surface area contributed by atoms with Crippen molar-refractivity contribution in [2.24, 2.45) is 10.9 Å². The summed E-state index contributed by atoms with van der Waals surface area (Å²) in [6.45, 7) is 8.61. The molecule has 5 nitrogen and oxygen atoms in total. The third kappa shape index (κ3) is 5.89. The molecule has 0 saturated carbocycles. The lowest BCUT2D eigenvalue weighted by Gasteiger charge is -2.21. The molecule has 3 rings (SSSR count). The van der Waals surface area contributed by atoms with Gasteiger partial charge in [-0.1, -0.05) is 30.3 Å². The van der Waals surface area contributed by atoms with Crippen LogP contribution in [0.3, 0.4) is 0 Å². The average molecular weight is 500 g/mol. The molecule has 0 spiro atoms. The van der Waals surface area contributed by atoms with Crippen molar-refractivity contribution in [3.63, 3.8) is 0 Å². The minimum Gasteiger partial charge on any atom is -0.384 e. The predicted molar refractivity (Wildman–Crippen MR) is 124 cm³/mol. The van der Waals surface area contributed by atoms with Crippen molar-refractivity contribution in [3.8, 4) is 10.6 Å². The summed E-state index contributed by atoms with van der Waals surface area (Å²) in [6.07, 6.45) is 1.16. The Bertz CT molecular complexity index is 735. The fourth-order valence-electron chi connectivity index (χ4n) is 3.25. The van der Waals surface area contributed by atoms with E-state index < -0.39 is 0 Å². The first-order chi connectivity index (χ1) is 12.7. The number of hydrogen-bond acceptors (Lipinski definition) is 4. The molecule has 27 heavy (non-hydrogen) atoms. The Morgan fingerprint density at radius 2 is 2.15 bits per heavy atom. The molecule has 148 valence electrons. The summed E-state index contributed by atoms with van der Waals surface area (Å²) in [5.74, 6) is 1.60. The van der Waals surface area contributed by atoms with Gasteiger partial charge in [-0.05, 0) is 20.3 Å². The lowest BCUT2D eigenvalue weighted by Crippen LogP contribution is -2.40. The lowest BCUT2D eigenvalue weighted by atomic mass is 10.1. The normalized spacial score (nSPS) is 17.1. The maximum absolute atomic E-state index is 5.31. The Morgan fingerprint density at radius 1 is 1.37 bits per heavy atom. The number of guanidine groups is 1. The molecule has 2 heterocycles. The third-order valence-electron chi connectivity index (χ3n) is 4.61. The van der Waals surface area contributed by atoms with Crippen LogP contribution in [0, 0.1) is 12.8 Å². The number of aromatic nitrogens is 1. The van der Waals surface area contributed by atoms with Crippen LogP contribution in [-0.4, -0.2) is 49.2 Å². The third-order valence-corrected chi connectivity index (χ3v) is 5.80. The SMILES string of the molecule is CCNC(=NCc1sc(-c2ccccc2)nc1C)N1CCC(COC)C1.I. The second kappa shape index (κ2) is 11.0. The number of benzene rings is 1. The van der Waals surface area contributed by atoms with E-state index in [9.17, 15) is 0 Å². The number of ether oxygens (including phenoxy) is 1. The number of aliphatic imine (C=N–C) groups is 1. The zero-order valence-electron chi connectivity index (χ0n) is 16.3. The number of nitrogens with zero attached hydrogens (tertiary/aromatic N) is 3. The number of halogens is 1. The molecule has 1 unspecified atom stereocenters. The molecule has 2 aromatic rings. The van der Waals surface area contributed by atoms with Gasteiger partial charge in [-0.3, -0.25) is 0 Å². The van der Waals surface area contributed by atoms with E-state index in [-0.39, 0.29) is 24.0 Å². The number of aryl methyl sites for hydroxylation is 1. The predicted octanol–water partition coefficient (Wildman–Crippen LogP) is 4.17. The van der Waals surface area contributed by atoms with Crippen molar-refractivity contribution in [3.05, 3.63) is 40.9 Å². The Balaban J connectivity index is 0.00000261. The largest absolute Gasteiger partial charge is 0.384 e. The van der Waals surface area contributed by atoms with Gasteiger partial charge in [-0.15, -0.1) is 35.3 Å². The van der Waals surface area contributed by atoms with E-state index in [1.165, 1.54) is 10.4 Å². The number of nitrogens with one attached hydrogen (secondary N) is 1. The van der Waals surface area contributed by atoms with Crippen LogP contribution in [0.5, 0.6) is 0 Å². The zero-order chi connectivity index (χ0) is 18.4. The second-order valence-electron chi connectivity index (χ2n) is 6.62. The Kier molecular flexibility index (Phi) is 8.98. The van der Waals surface area contributed by atoms with E-state index >= 15 is 0 Å². The second-order valence-corrected chi connectivity index (χ2v) is 7.70. The van der Waals surface area contributed by atoms with Crippen LogP contribution >= 0.6 is 35.3 Å². The standard InChI is InChI=1S/C20H28N4OS.HI/c1-4-21-20(24-11-10-16(13-24)14-25-3)22-12-18-15(2)23-19(26-18)17-8-6-5-7-9-17;/h5-9,16H,4,10-14H2,1-3H3,(H,21,22);1H. The Labute approximate surface area is 183 Å². The highest BCUT2D eigenvalue weighted by molar-refractivity contribution is 14.0. The monoisotopic (exact) mass is 500 g/mol. The summed E-state index contributed by atoms with van der Waals surface area (Å²) < 4.78 is 5.31. The van der Waals surface area contributed by atoms with Crippen molar-refractivity contribution in [1.29, 1.82) is 0 Å². The quantitative estimate of drug-likeness (QED) is 0.368. The highest BCUT2D eigenvalue weighted by Gasteiger charge is 2.24. The molecule has 1 aromatic carbocycles. The number of hydrogen-bond donors (Lipinski definition) is 1. The van der Waals surface area contributed by atoms with Gasteiger partial charge in [0.1, 0.15) is 5.01 Å². The van der Waals surface area contributed by atoms with Crippen LogP contribution in [0.1, 0.15) is 23.9 Å². The van der Waals surface area contributed by atoms with E-state index in [1.54, 1.807) is 18.4 Å². The summed E-state index contributed by atoms with van der Waals surface area (Å²) in [7, 11) is 1.78. The first kappa shape index (κ1) is 22.1. The van der Waals surface area contributed by atoms with Crippen molar-refractivity contribution in [2.75, 3.05) is 33.4 Å². The van der Waals surface area contributed by atoms with Gasteiger partial charge < -0.3 is 15.0 Å². The number of methoxy groups -OCH3 is 1. The maximum atomic E-state index is 5.31. The molecular formula is C20H29IN4OS. The highest BCUT2D eigenvalue weighted by atomic mass is 127. The van der Waals surface area contributed by atoms with E-state index in [2.05, 4.69) is 48.3 Å². The van der Waals surface area contributed by atoms with E-state index in [0.29, 0.717) is 12.5 Å². The molecule has 0 bridgehead atoms. The van der Waals surface area contributed by atoms with E-state index in [1.807, 2.05) is 6.07 Å². The zero-order valence-corrected chi connectivity index (χ0v) is 19.4. The maximum Gasteiger partial charge on any atom is 0.194 e. The van der Waals surface area contributed by atoms with Crippen LogP contribution < -0.4 is 5.32 Å². The molecule has 0 radical (unpaired) electrons. The molecule has 0 aliphatic carbocycles. The van der Waals surface area contributed by atoms with Crippen LogP contribution in [0.15, 0.2) is 35.3 Å². The van der Waals surface area contributed by atoms with Gasteiger partial charge in [0.25, 0.3) is 0 Å². The molecule has 0 amide bonds. The van der Waals surface area contributed by atoms with Crippen LogP contribution in [0.4, 0.5) is 0 Å². The Hall–Kier alpha value is -1.19. The first-order valence-electron chi connectivity index (χ1n) is 9.25. The van der Waals surface area contributed by atoms with Gasteiger partial charge in [0.05, 0.1) is 18.8 Å². The van der Waals surface area contributed by atoms with Crippen LogP contribution in [-0.2, 0) is 11.3 Å². The van der Waals surface area contributed by atoms with Crippen molar-refractivity contribution in [1.82, 2.24) is 15.2 Å². The van der Waals surface area contributed by atoms with Crippen LogP contribution in [0.2, 0.25) is 0 Å². The van der Waals surface area contributed by atoms with Gasteiger partial charge in [-0.2, -0.15) is 0 Å². The smallest absolute Gasteiger partial charge is 0.194 e. The van der Waals surface area contributed by atoms with Gasteiger partial charge in [0.2, 0.25) is 0 Å². The van der Waals surface area contributed by atoms with Crippen molar-refractivity contribution in [2.45, 2.75) is 26.8 Å². The topological polar surface area (TPSA) is 49.8 Å². The van der Waals surface area contributed by atoms with Gasteiger partial charge in [0, 0.05) is 43.1 Å². The molecule has 1 aliphatic heterocycles. The molecule has 1 atom stereocenters.